The van der Waals surface area contributed by atoms with Gasteiger partial charge in [-0.1, -0.05) is 0 Å². The van der Waals surface area contributed by atoms with Gasteiger partial charge in [-0.05, 0) is 19.1 Å². The second-order valence-corrected chi connectivity index (χ2v) is 4.32. The smallest absolute Gasteiger partial charge is 0.193 e. The molecular weight excluding hydrogens is 228 g/mol. The van der Waals surface area contributed by atoms with Crippen LogP contribution < -0.4 is 10.6 Å². The van der Waals surface area contributed by atoms with Gasteiger partial charge < -0.3 is 10.6 Å². The molecule has 0 saturated carbocycles. The Labute approximate surface area is 97.3 Å². The van der Waals surface area contributed by atoms with Gasteiger partial charge in [-0.25, -0.2) is 4.98 Å². The SMILES string of the molecule is CCNC(=S)NCc1cn2ccsc2n1. The summed E-state index contributed by atoms with van der Waals surface area (Å²) in [6.45, 7) is 3.52. The van der Waals surface area contributed by atoms with E-state index in [-0.39, 0.29) is 0 Å². The fourth-order valence-corrected chi connectivity index (χ4v) is 2.19. The van der Waals surface area contributed by atoms with E-state index in [9.17, 15) is 0 Å². The number of thiocarbonyl (C=S) groups is 1. The Bertz CT molecular complexity index is 431. The van der Waals surface area contributed by atoms with Gasteiger partial charge in [0.15, 0.2) is 10.1 Å². The zero-order valence-corrected chi connectivity index (χ0v) is 9.99. The number of imidazole rings is 1. The van der Waals surface area contributed by atoms with Crippen molar-refractivity contribution in [1.29, 1.82) is 0 Å². The number of hydrogen-bond acceptors (Lipinski definition) is 3. The first-order chi connectivity index (χ1) is 7.29. The molecule has 0 spiro atoms. The van der Waals surface area contributed by atoms with Crippen LogP contribution >= 0.6 is 23.6 Å². The lowest BCUT2D eigenvalue weighted by atomic mass is 10.5. The van der Waals surface area contributed by atoms with Crippen molar-refractivity contribution < 1.29 is 0 Å². The molecule has 6 heteroatoms. The second kappa shape index (κ2) is 4.59. The minimum Gasteiger partial charge on any atom is -0.363 e. The minimum atomic E-state index is 0.667. The Morgan fingerprint density at radius 3 is 3.20 bits per heavy atom. The van der Waals surface area contributed by atoms with Gasteiger partial charge in [-0.3, -0.25) is 4.40 Å². The number of aromatic nitrogens is 2. The maximum absolute atomic E-state index is 5.06. The molecular formula is C9H12N4S2. The number of nitrogens with zero attached hydrogens (tertiary/aromatic N) is 2. The molecule has 0 unspecified atom stereocenters. The Balaban J connectivity index is 1.95. The Kier molecular flexibility index (Phi) is 3.17. The van der Waals surface area contributed by atoms with Gasteiger partial charge in [0.1, 0.15) is 0 Å². The van der Waals surface area contributed by atoms with Crippen LogP contribution in [0.5, 0.6) is 0 Å². The zero-order chi connectivity index (χ0) is 10.7. The average Bonchev–Trinajstić information content (AvgIpc) is 2.74. The van der Waals surface area contributed by atoms with E-state index in [1.54, 1.807) is 11.3 Å². The van der Waals surface area contributed by atoms with Crippen molar-refractivity contribution in [2.24, 2.45) is 0 Å². The molecule has 0 bridgehead atoms. The standard InChI is InChI=1S/C9H12N4S2/c1-2-10-8(14)11-5-7-6-13-3-4-15-9(13)12-7/h3-4,6H,2,5H2,1H3,(H2,10,11,14). The van der Waals surface area contributed by atoms with Gasteiger partial charge in [0.2, 0.25) is 0 Å². The van der Waals surface area contributed by atoms with E-state index in [1.807, 2.05) is 29.1 Å². The fraction of sp³-hybridized carbons (Fsp3) is 0.333. The summed E-state index contributed by atoms with van der Waals surface area (Å²) in [5, 5.41) is 8.82. The minimum absolute atomic E-state index is 0.667. The van der Waals surface area contributed by atoms with E-state index >= 15 is 0 Å². The van der Waals surface area contributed by atoms with Gasteiger partial charge in [0.25, 0.3) is 0 Å². The van der Waals surface area contributed by atoms with Crippen LogP contribution in [0.15, 0.2) is 17.8 Å². The van der Waals surface area contributed by atoms with Crippen molar-refractivity contribution in [1.82, 2.24) is 20.0 Å². The maximum Gasteiger partial charge on any atom is 0.193 e. The predicted molar refractivity (Wildman–Crippen MR) is 66.2 cm³/mol. The van der Waals surface area contributed by atoms with Crippen LogP contribution in [0.4, 0.5) is 0 Å². The highest BCUT2D eigenvalue weighted by molar-refractivity contribution is 7.80. The molecule has 0 saturated heterocycles. The lowest BCUT2D eigenvalue weighted by Crippen LogP contribution is -2.34. The molecule has 2 aromatic heterocycles. The molecule has 2 aromatic rings. The number of thiazole rings is 1. The van der Waals surface area contributed by atoms with E-state index in [4.69, 9.17) is 12.2 Å². The van der Waals surface area contributed by atoms with Crippen molar-refractivity contribution in [2.45, 2.75) is 13.5 Å². The summed E-state index contributed by atoms with van der Waals surface area (Å²) in [6, 6.07) is 0. The van der Waals surface area contributed by atoms with Crippen LogP contribution in [0.1, 0.15) is 12.6 Å². The largest absolute Gasteiger partial charge is 0.363 e. The van der Waals surface area contributed by atoms with Gasteiger partial charge in [0.05, 0.1) is 12.2 Å². The van der Waals surface area contributed by atoms with Gasteiger partial charge in [0, 0.05) is 24.3 Å². The lowest BCUT2D eigenvalue weighted by molar-refractivity contribution is 0.838. The van der Waals surface area contributed by atoms with Crippen LogP contribution in [-0.4, -0.2) is 21.0 Å². The van der Waals surface area contributed by atoms with Crippen molar-refractivity contribution in [3.05, 3.63) is 23.5 Å². The third kappa shape index (κ3) is 2.45. The van der Waals surface area contributed by atoms with E-state index in [0.29, 0.717) is 11.7 Å². The molecule has 80 valence electrons. The molecule has 0 atom stereocenters. The molecule has 0 aliphatic heterocycles. The Morgan fingerprint density at radius 1 is 1.60 bits per heavy atom. The topological polar surface area (TPSA) is 41.4 Å². The number of fused-ring (bicyclic) bond motifs is 1. The Hall–Kier alpha value is -1.14. The van der Waals surface area contributed by atoms with Crippen molar-refractivity contribution in [3.8, 4) is 0 Å². The highest BCUT2D eigenvalue weighted by Gasteiger charge is 2.02. The maximum atomic E-state index is 5.06. The normalized spacial score (nSPS) is 10.5. The predicted octanol–water partition coefficient (Wildman–Crippen LogP) is 1.38. The summed E-state index contributed by atoms with van der Waals surface area (Å²) in [6.07, 6.45) is 4.01. The average molecular weight is 240 g/mol. The van der Waals surface area contributed by atoms with E-state index in [1.165, 1.54) is 0 Å². The molecule has 0 amide bonds. The second-order valence-electron chi connectivity index (χ2n) is 3.04. The third-order valence-electron chi connectivity index (χ3n) is 1.91. The molecule has 0 radical (unpaired) electrons. The number of nitrogens with one attached hydrogen (secondary N) is 2. The molecule has 2 heterocycles. The van der Waals surface area contributed by atoms with Crippen LogP contribution in [0.2, 0.25) is 0 Å². The summed E-state index contributed by atoms with van der Waals surface area (Å²) >= 11 is 6.69. The first kappa shape index (κ1) is 10.4. The van der Waals surface area contributed by atoms with E-state index in [2.05, 4.69) is 15.6 Å². The van der Waals surface area contributed by atoms with E-state index in [0.717, 1.165) is 17.2 Å². The number of hydrogen-bond donors (Lipinski definition) is 2. The molecule has 0 aromatic carbocycles. The molecule has 0 aliphatic carbocycles. The highest BCUT2D eigenvalue weighted by Crippen LogP contribution is 2.10. The molecule has 15 heavy (non-hydrogen) atoms. The summed E-state index contributed by atoms with van der Waals surface area (Å²) in [4.78, 5) is 5.45. The first-order valence-corrected chi connectivity index (χ1v) is 6.01. The molecule has 2 rings (SSSR count). The fourth-order valence-electron chi connectivity index (χ4n) is 1.26. The quantitative estimate of drug-likeness (QED) is 0.795. The highest BCUT2D eigenvalue weighted by atomic mass is 32.1. The first-order valence-electron chi connectivity index (χ1n) is 4.72. The van der Waals surface area contributed by atoms with Crippen LogP contribution in [0.25, 0.3) is 4.96 Å². The third-order valence-corrected chi connectivity index (χ3v) is 2.97. The van der Waals surface area contributed by atoms with Crippen LogP contribution in [0.3, 0.4) is 0 Å². The van der Waals surface area contributed by atoms with Crippen LogP contribution in [0, 0.1) is 0 Å². The van der Waals surface area contributed by atoms with Gasteiger partial charge in [-0.15, -0.1) is 11.3 Å². The summed E-state index contributed by atoms with van der Waals surface area (Å²) in [7, 11) is 0. The lowest BCUT2D eigenvalue weighted by Gasteiger charge is -2.06. The van der Waals surface area contributed by atoms with E-state index < -0.39 is 0 Å². The molecule has 4 nitrogen and oxygen atoms in total. The molecule has 0 fully saturated rings. The zero-order valence-electron chi connectivity index (χ0n) is 8.36. The van der Waals surface area contributed by atoms with Crippen molar-refractivity contribution in [2.75, 3.05) is 6.54 Å². The van der Waals surface area contributed by atoms with Crippen molar-refractivity contribution >= 4 is 33.6 Å². The molecule has 0 aliphatic rings. The van der Waals surface area contributed by atoms with Crippen LogP contribution in [-0.2, 0) is 6.54 Å². The monoisotopic (exact) mass is 240 g/mol. The number of rotatable bonds is 3. The molecule has 2 N–H and O–H groups in total. The summed E-state index contributed by atoms with van der Waals surface area (Å²) < 4.78 is 2.01. The summed E-state index contributed by atoms with van der Waals surface area (Å²) in [5.41, 5.74) is 1.00. The van der Waals surface area contributed by atoms with Crippen molar-refractivity contribution in [3.63, 3.8) is 0 Å². The summed E-state index contributed by atoms with van der Waals surface area (Å²) in [5.74, 6) is 0. The Morgan fingerprint density at radius 2 is 2.47 bits per heavy atom. The van der Waals surface area contributed by atoms with Gasteiger partial charge in [-0.2, -0.15) is 0 Å². The van der Waals surface area contributed by atoms with Gasteiger partial charge >= 0.3 is 0 Å².